The number of aromatic nitrogens is 1. The molecule has 0 unspecified atom stereocenters. The fraction of sp³-hybridized carbons (Fsp3) is 0.294. The van der Waals surface area contributed by atoms with Crippen molar-refractivity contribution in [3.05, 3.63) is 41.0 Å². The normalized spacial score (nSPS) is 15.8. The molecule has 0 N–H and O–H groups in total. The molecule has 1 heterocycles. The molecule has 0 atom stereocenters. The predicted octanol–water partition coefficient (Wildman–Crippen LogP) is 2.53. The number of aliphatic imine (C=N–C) groups is 1. The van der Waals surface area contributed by atoms with Gasteiger partial charge in [0.1, 0.15) is 0 Å². The molecule has 1 aromatic heterocycles. The summed E-state index contributed by atoms with van der Waals surface area (Å²) in [4.78, 5) is 34.4. The highest BCUT2D eigenvalue weighted by molar-refractivity contribution is 6.52. The number of Topliss-reactive ketones (excluding diaryl/α,β-unsaturated/α-hetero) is 2. The van der Waals surface area contributed by atoms with Gasteiger partial charge in [-0.05, 0) is 26.2 Å². The lowest BCUT2D eigenvalue weighted by Crippen LogP contribution is -2.27. The molecular formula is C17H14F3N3O3. The molecule has 6 nitrogen and oxygen atoms in total. The van der Waals surface area contributed by atoms with Gasteiger partial charge in [0.05, 0.1) is 24.2 Å². The van der Waals surface area contributed by atoms with Crippen LogP contribution in [0.2, 0.25) is 0 Å². The second-order valence-corrected chi connectivity index (χ2v) is 5.98. The van der Waals surface area contributed by atoms with Gasteiger partial charge in [0, 0.05) is 6.54 Å². The zero-order valence-corrected chi connectivity index (χ0v) is 14.0. The second-order valence-electron chi connectivity index (χ2n) is 5.98. The van der Waals surface area contributed by atoms with E-state index in [0.29, 0.717) is 19.2 Å². The van der Waals surface area contributed by atoms with Crippen LogP contribution in [0.1, 0.15) is 27.5 Å². The van der Waals surface area contributed by atoms with Gasteiger partial charge in [0.2, 0.25) is 23.2 Å². The van der Waals surface area contributed by atoms with E-state index >= 15 is 0 Å². The Bertz CT molecular complexity index is 935. The molecule has 0 saturated heterocycles. The first-order valence-electron chi connectivity index (χ1n) is 7.70. The number of carbonyl (C=O) groups excluding carboxylic acids is 2. The number of fused-ring (bicyclic) bond motifs is 1. The zero-order valence-electron chi connectivity index (χ0n) is 14.0. The fourth-order valence-corrected chi connectivity index (χ4v) is 2.43. The summed E-state index contributed by atoms with van der Waals surface area (Å²) < 4.78 is 45.5. The summed E-state index contributed by atoms with van der Waals surface area (Å²) in [5.74, 6) is -6.51. The highest BCUT2D eigenvalue weighted by atomic mass is 19.2. The van der Waals surface area contributed by atoms with Gasteiger partial charge < -0.3 is 9.32 Å². The lowest BCUT2D eigenvalue weighted by atomic mass is 9.97. The first-order chi connectivity index (χ1) is 12.3. The SMILES string of the molecule is CN(C)CCN=C1CC(=O)c2oc(-c3ccc(F)c(F)c3F)nc2C1=O. The van der Waals surface area contributed by atoms with Crippen LogP contribution in [0, 0.1) is 17.5 Å². The Morgan fingerprint density at radius 1 is 1.19 bits per heavy atom. The third kappa shape index (κ3) is 3.17. The van der Waals surface area contributed by atoms with E-state index in [1.54, 1.807) is 0 Å². The number of oxazole rings is 1. The van der Waals surface area contributed by atoms with Crippen LogP contribution in [0.5, 0.6) is 0 Å². The maximum Gasteiger partial charge on any atom is 0.230 e. The molecular weight excluding hydrogens is 351 g/mol. The molecule has 2 aromatic rings. The van der Waals surface area contributed by atoms with Crippen molar-refractivity contribution in [2.75, 3.05) is 27.2 Å². The lowest BCUT2D eigenvalue weighted by Gasteiger charge is -2.10. The van der Waals surface area contributed by atoms with Crippen molar-refractivity contribution >= 4 is 17.3 Å². The summed E-state index contributed by atoms with van der Waals surface area (Å²) in [5, 5.41) is 0. The van der Waals surface area contributed by atoms with E-state index in [9.17, 15) is 22.8 Å². The van der Waals surface area contributed by atoms with Gasteiger partial charge in [-0.25, -0.2) is 18.2 Å². The quantitative estimate of drug-likeness (QED) is 0.779. The van der Waals surface area contributed by atoms with Gasteiger partial charge in [0.15, 0.2) is 23.1 Å². The maximum absolute atomic E-state index is 13.9. The number of hydrogen-bond acceptors (Lipinski definition) is 6. The Balaban J connectivity index is 1.98. The topological polar surface area (TPSA) is 75.8 Å². The van der Waals surface area contributed by atoms with E-state index in [1.165, 1.54) is 0 Å². The van der Waals surface area contributed by atoms with Crippen molar-refractivity contribution in [1.29, 1.82) is 0 Å². The van der Waals surface area contributed by atoms with Crippen LogP contribution < -0.4 is 0 Å². The molecule has 136 valence electrons. The van der Waals surface area contributed by atoms with Crippen LogP contribution in [0.4, 0.5) is 13.2 Å². The Kier molecular flexibility index (Phi) is 4.73. The lowest BCUT2D eigenvalue weighted by molar-refractivity contribution is 0.0940. The van der Waals surface area contributed by atoms with Crippen molar-refractivity contribution in [2.24, 2.45) is 4.99 Å². The Morgan fingerprint density at radius 3 is 2.62 bits per heavy atom. The first kappa shape index (κ1) is 18.0. The molecule has 1 aliphatic carbocycles. The second kappa shape index (κ2) is 6.83. The summed E-state index contributed by atoms with van der Waals surface area (Å²) in [6.07, 6.45) is -0.256. The number of rotatable bonds is 4. The minimum atomic E-state index is -1.69. The third-order valence-corrected chi connectivity index (χ3v) is 3.80. The number of carbonyl (C=O) groups is 2. The monoisotopic (exact) mass is 365 g/mol. The minimum Gasteiger partial charge on any atom is -0.432 e. The molecule has 0 radical (unpaired) electrons. The van der Waals surface area contributed by atoms with E-state index < -0.39 is 40.5 Å². The average Bonchev–Trinajstić information content (AvgIpc) is 3.03. The molecule has 9 heteroatoms. The molecule has 3 rings (SSSR count). The van der Waals surface area contributed by atoms with Gasteiger partial charge in [-0.2, -0.15) is 0 Å². The van der Waals surface area contributed by atoms with Crippen LogP contribution in [0.15, 0.2) is 21.5 Å². The van der Waals surface area contributed by atoms with Crippen molar-refractivity contribution in [1.82, 2.24) is 9.88 Å². The molecule has 0 bridgehead atoms. The van der Waals surface area contributed by atoms with Crippen LogP contribution in [0.25, 0.3) is 11.5 Å². The number of likely N-dealkylation sites (N-methyl/N-ethyl adjacent to an activating group) is 1. The summed E-state index contributed by atoms with van der Waals surface area (Å²) >= 11 is 0. The fourth-order valence-electron chi connectivity index (χ4n) is 2.43. The summed E-state index contributed by atoms with van der Waals surface area (Å²) in [6.45, 7) is 0.904. The van der Waals surface area contributed by atoms with E-state index in [2.05, 4.69) is 9.98 Å². The number of benzene rings is 1. The van der Waals surface area contributed by atoms with Gasteiger partial charge in [-0.3, -0.25) is 14.6 Å². The molecule has 1 aromatic carbocycles. The van der Waals surface area contributed by atoms with Crippen molar-refractivity contribution in [3.63, 3.8) is 0 Å². The van der Waals surface area contributed by atoms with E-state index in [0.717, 1.165) is 6.07 Å². The molecule has 1 aliphatic rings. The Morgan fingerprint density at radius 2 is 1.92 bits per heavy atom. The molecule has 0 spiro atoms. The van der Waals surface area contributed by atoms with Crippen molar-refractivity contribution in [2.45, 2.75) is 6.42 Å². The Hall–Kier alpha value is -2.81. The van der Waals surface area contributed by atoms with Gasteiger partial charge >= 0.3 is 0 Å². The highest BCUT2D eigenvalue weighted by Crippen LogP contribution is 2.30. The molecule has 0 amide bonds. The summed E-state index contributed by atoms with van der Waals surface area (Å²) in [7, 11) is 3.68. The molecule has 0 aliphatic heterocycles. The van der Waals surface area contributed by atoms with Crippen LogP contribution in [0.3, 0.4) is 0 Å². The van der Waals surface area contributed by atoms with Crippen LogP contribution in [-0.4, -0.2) is 54.3 Å². The van der Waals surface area contributed by atoms with Crippen LogP contribution in [-0.2, 0) is 0 Å². The van der Waals surface area contributed by atoms with Crippen molar-refractivity contribution < 1.29 is 27.2 Å². The summed E-state index contributed by atoms with van der Waals surface area (Å²) in [5.41, 5.74) is -0.746. The van der Waals surface area contributed by atoms with E-state index in [-0.39, 0.29) is 23.6 Å². The molecule has 0 saturated carbocycles. The van der Waals surface area contributed by atoms with E-state index in [4.69, 9.17) is 4.42 Å². The predicted molar refractivity (Wildman–Crippen MR) is 85.9 cm³/mol. The molecule has 26 heavy (non-hydrogen) atoms. The standard InChI is InChI=1S/C17H14F3N3O3/c1-23(2)6-5-21-10-7-11(24)16-14(15(10)25)22-17(26-16)8-3-4-9(18)13(20)12(8)19/h3-4H,5-7H2,1-2H3. The minimum absolute atomic E-state index is 0.0370. The third-order valence-electron chi connectivity index (χ3n) is 3.80. The number of ketones is 2. The maximum atomic E-state index is 13.9. The summed E-state index contributed by atoms with van der Waals surface area (Å²) in [6, 6.07) is 1.63. The average molecular weight is 365 g/mol. The van der Waals surface area contributed by atoms with Gasteiger partial charge in [0.25, 0.3) is 0 Å². The van der Waals surface area contributed by atoms with Crippen molar-refractivity contribution in [3.8, 4) is 11.5 Å². The number of halogens is 3. The van der Waals surface area contributed by atoms with Crippen LogP contribution >= 0.6 is 0 Å². The first-order valence-corrected chi connectivity index (χ1v) is 7.70. The Labute approximate surface area is 146 Å². The molecule has 0 fully saturated rings. The van der Waals surface area contributed by atoms with Gasteiger partial charge in [-0.1, -0.05) is 0 Å². The smallest absolute Gasteiger partial charge is 0.230 e. The zero-order chi connectivity index (χ0) is 19.0. The van der Waals surface area contributed by atoms with E-state index in [1.807, 2.05) is 19.0 Å². The number of nitrogens with zero attached hydrogens (tertiary/aromatic N) is 3. The van der Waals surface area contributed by atoms with Gasteiger partial charge in [-0.15, -0.1) is 0 Å². The number of hydrogen-bond donors (Lipinski definition) is 0. The largest absolute Gasteiger partial charge is 0.432 e. The highest BCUT2D eigenvalue weighted by Gasteiger charge is 2.35.